The number of nitrogens with one attached hydrogen (secondary N) is 1. The van der Waals surface area contributed by atoms with Crippen molar-refractivity contribution in [3.63, 3.8) is 0 Å². The minimum atomic E-state index is -0.702. The normalized spacial score (nSPS) is 21.8. The maximum atomic E-state index is 12.7. The van der Waals surface area contributed by atoms with Gasteiger partial charge in [-0.3, -0.25) is 10.1 Å². The van der Waals surface area contributed by atoms with Crippen LogP contribution in [0.4, 0.5) is 5.13 Å². The number of fused-ring (bicyclic) bond motifs is 2. The molecule has 3 atom stereocenters. The van der Waals surface area contributed by atoms with Crippen LogP contribution in [0, 0.1) is 0 Å². The van der Waals surface area contributed by atoms with Crippen LogP contribution in [0.5, 0.6) is 0 Å². The van der Waals surface area contributed by atoms with Gasteiger partial charge >= 0.3 is 0 Å². The van der Waals surface area contributed by atoms with Gasteiger partial charge in [0, 0.05) is 12.0 Å². The van der Waals surface area contributed by atoms with E-state index in [-0.39, 0.29) is 18.6 Å². The van der Waals surface area contributed by atoms with Crippen LogP contribution in [0.2, 0.25) is 0 Å². The second-order valence-electron chi connectivity index (χ2n) is 6.82. The van der Waals surface area contributed by atoms with Crippen molar-refractivity contribution < 1.29 is 19.7 Å². The maximum Gasteiger partial charge on any atom is 0.257 e. The summed E-state index contributed by atoms with van der Waals surface area (Å²) >= 11 is 2.90. The van der Waals surface area contributed by atoms with Crippen LogP contribution in [0.3, 0.4) is 0 Å². The number of thiazole rings is 2. The van der Waals surface area contributed by atoms with Crippen LogP contribution < -0.4 is 5.32 Å². The van der Waals surface area contributed by atoms with Crippen LogP contribution in [0.25, 0.3) is 20.4 Å². The van der Waals surface area contributed by atoms with Gasteiger partial charge in [-0.05, 0) is 30.3 Å². The second-order valence-corrected chi connectivity index (χ2v) is 8.92. The van der Waals surface area contributed by atoms with Crippen molar-refractivity contribution in [2.75, 3.05) is 11.9 Å². The van der Waals surface area contributed by atoms with Gasteiger partial charge in [-0.25, -0.2) is 9.97 Å². The van der Waals surface area contributed by atoms with E-state index < -0.39 is 12.2 Å². The Bertz CT molecular complexity index is 1170. The summed E-state index contributed by atoms with van der Waals surface area (Å²) < 4.78 is 7.63. The fourth-order valence-electron chi connectivity index (χ4n) is 3.37. The average Bonchev–Trinajstić information content (AvgIpc) is 3.42. The number of ether oxygens (including phenoxy) is 1. The standard InChI is InChI=1S/C20H17N3O4S2/c24-9-15-13(25)8-14(27-15)19-21-12-7-10(5-6-17(12)28-19)18(26)23-20-22-11-3-1-2-4-16(11)29-20/h1-7,13-15,24-25H,8-9H2,(H,22,23,26)/t13-,14+,15+/m0/s1. The molecule has 4 aromatic rings. The fraction of sp³-hybridized carbons (Fsp3) is 0.250. The quantitative estimate of drug-likeness (QED) is 0.461. The number of carbonyl (C=O) groups is 1. The van der Waals surface area contributed by atoms with Gasteiger partial charge in [0.05, 0.1) is 33.1 Å². The van der Waals surface area contributed by atoms with Crippen LogP contribution in [-0.4, -0.2) is 44.9 Å². The van der Waals surface area contributed by atoms with E-state index in [1.807, 2.05) is 30.3 Å². The van der Waals surface area contributed by atoms with Gasteiger partial charge in [0.2, 0.25) is 0 Å². The van der Waals surface area contributed by atoms with Crippen molar-refractivity contribution in [3.8, 4) is 0 Å². The van der Waals surface area contributed by atoms with Gasteiger partial charge in [-0.1, -0.05) is 23.5 Å². The molecule has 3 N–H and O–H groups in total. The molecule has 7 nitrogen and oxygen atoms in total. The summed E-state index contributed by atoms with van der Waals surface area (Å²) in [6, 6.07) is 13.1. The minimum absolute atomic E-state index is 0.224. The first-order chi connectivity index (χ1) is 14.1. The molecule has 0 aliphatic carbocycles. The van der Waals surface area contributed by atoms with Crippen molar-refractivity contribution in [2.45, 2.75) is 24.7 Å². The third-order valence-electron chi connectivity index (χ3n) is 4.86. The largest absolute Gasteiger partial charge is 0.394 e. The molecule has 0 radical (unpaired) electrons. The number of para-hydroxylation sites is 1. The number of aliphatic hydroxyl groups excluding tert-OH is 2. The van der Waals surface area contributed by atoms with E-state index in [1.165, 1.54) is 22.7 Å². The van der Waals surface area contributed by atoms with E-state index in [0.717, 1.165) is 19.9 Å². The van der Waals surface area contributed by atoms with Crippen molar-refractivity contribution >= 4 is 54.1 Å². The summed E-state index contributed by atoms with van der Waals surface area (Å²) in [5.74, 6) is -0.242. The number of anilines is 1. The highest BCUT2D eigenvalue weighted by atomic mass is 32.1. The molecule has 5 rings (SSSR count). The molecule has 148 valence electrons. The number of carbonyl (C=O) groups excluding carboxylic acids is 1. The minimum Gasteiger partial charge on any atom is -0.394 e. The van der Waals surface area contributed by atoms with E-state index in [1.54, 1.807) is 12.1 Å². The smallest absolute Gasteiger partial charge is 0.257 e. The Morgan fingerprint density at radius 3 is 2.76 bits per heavy atom. The van der Waals surface area contributed by atoms with Gasteiger partial charge in [0.15, 0.2) is 5.13 Å². The van der Waals surface area contributed by atoms with Gasteiger partial charge in [0.1, 0.15) is 17.2 Å². The Hall–Kier alpha value is -2.43. The first kappa shape index (κ1) is 18.6. The van der Waals surface area contributed by atoms with E-state index >= 15 is 0 Å². The number of hydrogen-bond acceptors (Lipinski definition) is 8. The lowest BCUT2D eigenvalue weighted by molar-refractivity contribution is -0.0225. The van der Waals surface area contributed by atoms with Gasteiger partial charge in [0.25, 0.3) is 5.91 Å². The monoisotopic (exact) mass is 427 g/mol. The molecule has 1 aliphatic heterocycles. The molecule has 2 aromatic heterocycles. The average molecular weight is 428 g/mol. The van der Waals surface area contributed by atoms with Crippen LogP contribution in [0.15, 0.2) is 42.5 Å². The van der Waals surface area contributed by atoms with Crippen LogP contribution in [0.1, 0.15) is 27.9 Å². The van der Waals surface area contributed by atoms with E-state index in [0.29, 0.717) is 22.6 Å². The van der Waals surface area contributed by atoms with Crippen LogP contribution >= 0.6 is 22.7 Å². The highest BCUT2D eigenvalue weighted by molar-refractivity contribution is 7.22. The molecule has 0 bridgehead atoms. The zero-order valence-electron chi connectivity index (χ0n) is 15.1. The number of nitrogens with zero attached hydrogens (tertiary/aromatic N) is 2. The number of hydrogen-bond donors (Lipinski definition) is 3. The predicted octanol–water partition coefficient (Wildman–Crippen LogP) is 3.34. The molecule has 0 spiro atoms. The maximum absolute atomic E-state index is 12.7. The zero-order chi connectivity index (χ0) is 20.0. The Morgan fingerprint density at radius 2 is 1.97 bits per heavy atom. The number of rotatable bonds is 4. The predicted molar refractivity (Wildman–Crippen MR) is 113 cm³/mol. The molecular formula is C20H17N3O4S2. The topological polar surface area (TPSA) is 105 Å². The number of aliphatic hydroxyl groups is 2. The second kappa shape index (κ2) is 7.43. The van der Waals surface area contributed by atoms with Crippen molar-refractivity contribution in [3.05, 3.63) is 53.0 Å². The van der Waals surface area contributed by atoms with E-state index in [9.17, 15) is 15.0 Å². The van der Waals surface area contributed by atoms with Crippen LogP contribution in [-0.2, 0) is 4.74 Å². The number of aromatic nitrogens is 2. The molecule has 1 fully saturated rings. The summed E-state index contributed by atoms with van der Waals surface area (Å²) in [5.41, 5.74) is 2.05. The molecule has 0 saturated carbocycles. The molecule has 3 heterocycles. The molecule has 9 heteroatoms. The molecule has 0 unspecified atom stereocenters. The molecule has 1 aliphatic rings. The summed E-state index contributed by atoms with van der Waals surface area (Å²) in [6.45, 7) is -0.224. The SMILES string of the molecule is O=C(Nc1nc2ccccc2s1)c1ccc2sc([C@H]3C[C@H](O)[C@@H](CO)O3)nc2c1. The summed E-state index contributed by atoms with van der Waals surface area (Å²) in [4.78, 5) is 21.7. The van der Waals surface area contributed by atoms with E-state index in [4.69, 9.17) is 4.74 Å². The van der Waals surface area contributed by atoms with Crippen molar-refractivity contribution in [2.24, 2.45) is 0 Å². The Balaban J connectivity index is 1.37. The van der Waals surface area contributed by atoms with Gasteiger partial charge in [-0.2, -0.15) is 0 Å². The number of amides is 1. The highest BCUT2D eigenvalue weighted by Crippen LogP contribution is 2.37. The lowest BCUT2D eigenvalue weighted by atomic mass is 10.1. The lowest BCUT2D eigenvalue weighted by Gasteiger charge is -2.09. The zero-order valence-corrected chi connectivity index (χ0v) is 16.7. The van der Waals surface area contributed by atoms with Gasteiger partial charge in [-0.15, -0.1) is 11.3 Å². The van der Waals surface area contributed by atoms with Crippen molar-refractivity contribution in [1.82, 2.24) is 9.97 Å². The molecule has 2 aromatic carbocycles. The van der Waals surface area contributed by atoms with Crippen molar-refractivity contribution in [1.29, 1.82) is 0 Å². The number of benzene rings is 2. The Morgan fingerprint density at radius 1 is 1.14 bits per heavy atom. The van der Waals surface area contributed by atoms with Gasteiger partial charge < -0.3 is 14.9 Å². The lowest BCUT2D eigenvalue weighted by Crippen LogP contribution is -2.24. The highest BCUT2D eigenvalue weighted by Gasteiger charge is 2.35. The molecule has 29 heavy (non-hydrogen) atoms. The molecular weight excluding hydrogens is 410 g/mol. The summed E-state index contributed by atoms with van der Waals surface area (Å²) in [6.07, 6.45) is -1.23. The third kappa shape index (κ3) is 3.52. The fourth-order valence-corrected chi connectivity index (χ4v) is 5.23. The Kier molecular flexibility index (Phi) is 4.76. The first-order valence-electron chi connectivity index (χ1n) is 9.12. The first-order valence-corrected chi connectivity index (χ1v) is 10.8. The summed E-state index contributed by atoms with van der Waals surface area (Å²) in [7, 11) is 0. The van der Waals surface area contributed by atoms with E-state index in [2.05, 4.69) is 15.3 Å². The molecule has 1 saturated heterocycles. The summed E-state index contributed by atoms with van der Waals surface area (Å²) in [5, 5.41) is 23.3. The Labute approximate surface area is 173 Å². The third-order valence-corrected chi connectivity index (χ3v) is 6.94. The molecule has 1 amide bonds.